The molecule has 0 radical (unpaired) electrons. The van der Waals surface area contributed by atoms with Crippen LogP contribution in [0.25, 0.3) is 0 Å². The van der Waals surface area contributed by atoms with Gasteiger partial charge >= 0.3 is 57.5 Å². The van der Waals surface area contributed by atoms with Crippen molar-refractivity contribution in [1.82, 2.24) is 0 Å². The molecule has 0 saturated heterocycles. The van der Waals surface area contributed by atoms with Crippen molar-refractivity contribution in [3.8, 4) is 0 Å². The van der Waals surface area contributed by atoms with E-state index in [4.69, 9.17) is 0 Å². The summed E-state index contributed by atoms with van der Waals surface area (Å²) in [5, 5.41) is 0. The number of hydrogen-bond acceptors (Lipinski definition) is 0. The molecule has 0 unspecified atom stereocenters. The van der Waals surface area contributed by atoms with Crippen LogP contribution in [0.15, 0.2) is 25.3 Å². The van der Waals surface area contributed by atoms with E-state index in [1.54, 1.807) is 0 Å². The Kier molecular flexibility index (Phi) is 6.77. The van der Waals surface area contributed by atoms with Crippen molar-refractivity contribution in [3.63, 3.8) is 0 Å². The molecule has 0 fully saturated rings. The third-order valence-corrected chi connectivity index (χ3v) is 5.07. The fourth-order valence-corrected chi connectivity index (χ4v) is 2.52. The van der Waals surface area contributed by atoms with Gasteiger partial charge in [0, 0.05) is 0 Å². The standard InChI is InChI=1S/2C3H5.Pb/c2*1-3-2;/h2*3H,1-2H2;/q;;+2. The van der Waals surface area contributed by atoms with Crippen molar-refractivity contribution in [2.24, 2.45) is 0 Å². The molecule has 0 aliphatic heterocycles. The molecule has 7 heavy (non-hydrogen) atoms. The van der Waals surface area contributed by atoms with E-state index in [9.17, 15) is 0 Å². The second-order valence-corrected chi connectivity index (χ2v) is 6.35. The van der Waals surface area contributed by atoms with Gasteiger partial charge in [-0.25, -0.2) is 0 Å². The summed E-state index contributed by atoms with van der Waals surface area (Å²) in [6, 6.07) is 0. The molecule has 0 nitrogen and oxygen atoms in total. The van der Waals surface area contributed by atoms with E-state index < -0.39 is 0 Å². The van der Waals surface area contributed by atoms with E-state index >= 15 is 0 Å². The topological polar surface area (TPSA) is 0 Å². The quantitative estimate of drug-likeness (QED) is 0.421. The number of rotatable bonds is 4. The van der Waals surface area contributed by atoms with Gasteiger partial charge in [0.1, 0.15) is 0 Å². The van der Waals surface area contributed by atoms with Gasteiger partial charge in [-0.2, -0.15) is 0 Å². The molecule has 0 aliphatic rings. The van der Waals surface area contributed by atoms with Crippen molar-refractivity contribution in [2.45, 2.75) is 7.96 Å². The predicted octanol–water partition coefficient (Wildman–Crippen LogP) is 1.90. The zero-order chi connectivity index (χ0) is 5.54. The molecule has 0 saturated carbocycles. The van der Waals surface area contributed by atoms with E-state index in [-0.39, 0.29) is 24.2 Å². The Morgan fingerprint density at radius 2 is 1.57 bits per heavy atom. The second kappa shape index (κ2) is 6.40. The molecule has 0 aliphatic carbocycles. The molecule has 0 atom stereocenters. The third-order valence-electron chi connectivity index (χ3n) is 0.577. The van der Waals surface area contributed by atoms with Crippen LogP contribution in [0.4, 0.5) is 0 Å². The van der Waals surface area contributed by atoms with Crippen LogP contribution in [0.3, 0.4) is 0 Å². The normalized spacial score (nSPS) is 6.86. The zero-order valence-corrected chi connectivity index (χ0v) is 8.37. The molecule has 1 heteroatoms. The van der Waals surface area contributed by atoms with Crippen molar-refractivity contribution in [2.75, 3.05) is 0 Å². The van der Waals surface area contributed by atoms with Gasteiger partial charge in [-0.15, -0.1) is 0 Å². The summed E-state index contributed by atoms with van der Waals surface area (Å²) in [5.41, 5.74) is 0. The molecule has 0 aromatic rings. The first-order valence-corrected chi connectivity index (χ1v) is 7.84. The van der Waals surface area contributed by atoms with Gasteiger partial charge in [0.15, 0.2) is 0 Å². The molecular weight excluding hydrogens is 279 g/mol. The van der Waals surface area contributed by atoms with Gasteiger partial charge in [0.25, 0.3) is 0 Å². The zero-order valence-electron chi connectivity index (χ0n) is 4.48. The molecule has 0 rings (SSSR count). The van der Waals surface area contributed by atoms with Crippen molar-refractivity contribution in [1.29, 1.82) is 0 Å². The number of allylic oxidation sites excluding steroid dienone is 2. The molecule has 0 aromatic heterocycles. The predicted molar refractivity (Wildman–Crippen MR) is 35.8 cm³/mol. The van der Waals surface area contributed by atoms with Gasteiger partial charge in [-0.1, -0.05) is 0 Å². The Morgan fingerprint density at radius 3 is 1.86 bits per heavy atom. The summed E-state index contributed by atoms with van der Waals surface area (Å²) in [7, 11) is 0. The van der Waals surface area contributed by atoms with Gasteiger partial charge in [0.05, 0.1) is 0 Å². The van der Waals surface area contributed by atoms with E-state index in [2.05, 4.69) is 13.2 Å². The molecule has 0 spiro atoms. The number of hydrogen-bond donors (Lipinski definition) is 0. The average Bonchev–Trinajstić information content (AvgIpc) is 1.69. The van der Waals surface area contributed by atoms with Crippen LogP contribution in [-0.2, 0) is 0 Å². The van der Waals surface area contributed by atoms with Crippen molar-refractivity contribution in [3.05, 3.63) is 25.3 Å². The monoisotopic (exact) mass is 290 g/mol. The van der Waals surface area contributed by atoms with Crippen molar-refractivity contribution >= 4 is 24.2 Å². The minimum absolute atomic E-state index is 0.235. The van der Waals surface area contributed by atoms with Crippen LogP contribution in [0.1, 0.15) is 0 Å². The van der Waals surface area contributed by atoms with E-state index in [0.717, 1.165) is 0 Å². The first kappa shape index (κ1) is 7.40. The molecule has 0 bridgehead atoms. The summed E-state index contributed by atoms with van der Waals surface area (Å²) in [6.45, 7) is 7.29. The van der Waals surface area contributed by atoms with Crippen LogP contribution in [0, 0.1) is 0 Å². The third kappa shape index (κ3) is 6.40. The summed E-state index contributed by atoms with van der Waals surface area (Å²) in [5.74, 6) is 0. The molecular formula is C6H10Pb+2. The van der Waals surface area contributed by atoms with Gasteiger partial charge in [-0.3, -0.25) is 0 Å². The van der Waals surface area contributed by atoms with E-state index in [0.29, 0.717) is 0 Å². The Balaban J connectivity index is 2.68. The van der Waals surface area contributed by atoms with Crippen LogP contribution < -0.4 is 0 Å². The maximum absolute atomic E-state index is 3.65. The fourth-order valence-electron chi connectivity index (χ4n) is 0.287. The Morgan fingerprint density at radius 1 is 1.14 bits per heavy atom. The summed E-state index contributed by atoms with van der Waals surface area (Å²) in [6.07, 6.45) is 4.04. The van der Waals surface area contributed by atoms with Gasteiger partial charge < -0.3 is 0 Å². The summed E-state index contributed by atoms with van der Waals surface area (Å²) >= 11 is -0.235. The van der Waals surface area contributed by atoms with Crippen molar-refractivity contribution < 1.29 is 0 Å². The average molecular weight is 289 g/mol. The van der Waals surface area contributed by atoms with Gasteiger partial charge in [-0.05, 0) is 0 Å². The second-order valence-electron chi connectivity index (χ2n) is 1.24. The summed E-state index contributed by atoms with van der Waals surface area (Å²) < 4.78 is 2.62. The molecule has 0 heterocycles. The van der Waals surface area contributed by atoms with Crippen LogP contribution in [0.5, 0.6) is 0 Å². The molecule has 0 N–H and O–H groups in total. The Hall–Kier alpha value is 0.402. The van der Waals surface area contributed by atoms with Gasteiger partial charge in [0.2, 0.25) is 0 Å². The Labute approximate surface area is 57.5 Å². The fraction of sp³-hybridized carbons (Fsp3) is 0.333. The van der Waals surface area contributed by atoms with Crippen LogP contribution in [-0.4, -0.2) is 24.2 Å². The molecule has 36 valence electrons. The minimum atomic E-state index is -0.235. The molecule has 0 aromatic carbocycles. The maximum atomic E-state index is 3.65. The SMILES string of the molecule is C=C[CH2][Pb+2][CH2]C=C. The van der Waals surface area contributed by atoms with E-state index in [1.165, 1.54) is 7.96 Å². The first-order chi connectivity index (χ1) is 3.41. The summed E-state index contributed by atoms with van der Waals surface area (Å²) in [4.78, 5) is 0. The van der Waals surface area contributed by atoms with Crippen LogP contribution in [0.2, 0.25) is 7.96 Å². The van der Waals surface area contributed by atoms with Crippen LogP contribution >= 0.6 is 0 Å². The van der Waals surface area contributed by atoms with E-state index in [1.807, 2.05) is 12.2 Å². The first-order valence-electron chi connectivity index (χ1n) is 2.34. The molecule has 0 amide bonds. The Bertz CT molecular complexity index is 49.2.